The van der Waals surface area contributed by atoms with Gasteiger partial charge >= 0.3 is 0 Å². The summed E-state index contributed by atoms with van der Waals surface area (Å²) in [6.45, 7) is 4.25. The van der Waals surface area contributed by atoms with Gasteiger partial charge in [0, 0.05) is 24.9 Å². The highest BCUT2D eigenvalue weighted by atomic mass is 32.2. The van der Waals surface area contributed by atoms with Crippen molar-refractivity contribution in [3.05, 3.63) is 0 Å². The van der Waals surface area contributed by atoms with Crippen LogP contribution in [-0.4, -0.2) is 45.6 Å². The lowest BCUT2D eigenvalue weighted by atomic mass is 10.2. The molecule has 0 aliphatic carbocycles. The predicted octanol–water partition coefficient (Wildman–Crippen LogP) is -0.237. The highest BCUT2D eigenvalue weighted by molar-refractivity contribution is 7.91. The lowest BCUT2D eigenvalue weighted by Gasteiger charge is -2.10. The van der Waals surface area contributed by atoms with Crippen LogP contribution in [0.2, 0.25) is 0 Å². The van der Waals surface area contributed by atoms with Crippen LogP contribution in [-0.2, 0) is 9.84 Å². The summed E-state index contributed by atoms with van der Waals surface area (Å²) in [5.74, 6) is 0.507. The Hall–Kier alpha value is -0.130. The van der Waals surface area contributed by atoms with Crippen LogP contribution in [0, 0.1) is 0 Å². The minimum absolute atomic E-state index is 0.246. The summed E-state index contributed by atoms with van der Waals surface area (Å²) in [6, 6.07) is 0.541. The Kier molecular flexibility index (Phi) is 4.84. The third-order valence-electron chi connectivity index (χ3n) is 2.58. The molecule has 1 fully saturated rings. The van der Waals surface area contributed by atoms with Crippen LogP contribution in [0.25, 0.3) is 0 Å². The van der Waals surface area contributed by atoms with Crippen molar-refractivity contribution in [3.8, 4) is 0 Å². The molecule has 0 aromatic carbocycles. The zero-order chi connectivity index (χ0) is 10.4. The largest absolute Gasteiger partial charge is 0.314 e. The number of rotatable bonds is 6. The van der Waals surface area contributed by atoms with E-state index in [2.05, 4.69) is 10.6 Å². The van der Waals surface area contributed by atoms with Gasteiger partial charge in [0.25, 0.3) is 0 Å². The van der Waals surface area contributed by atoms with Crippen molar-refractivity contribution >= 4 is 9.84 Å². The van der Waals surface area contributed by atoms with Crippen molar-refractivity contribution < 1.29 is 8.42 Å². The quantitative estimate of drug-likeness (QED) is 0.607. The van der Waals surface area contributed by atoms with E-state index in [1.807, 2.05) is 0 Å². The van der Waals surface area contributed by atoms with Gasteiger partial charge in [-0.05, 0) is 19.4 Å². The summed E-state index contributed by atoms with van der Waals surface area (Å²) in [7, 11) is -2.80. The Labute approximate surface area is 86.4 Å². The van der Waals surface area contributed by atoms with Gasteiger partial charge in [0.2, 0.25) is 0 Å². The summed E-state index contributed by atoms with van der Waals surface area (Å²) in [5, 5.41) is 6.53. The highest BCUT2D eigenvalue weighted by Gasteiger charge is 2.13. The van der Waals surface area contributed by atoms with Gasteiger partial charge in [0.15, 0.2) is 9.84 Å². The Morgan fingerprint density at radius 3 is 2.86 bits per heavy atom. The Bertz CT molecular complexity index is 246. The van der Waals surface area contributed by atoms with Gasteiger partial charge in [-0.3, -0.25) is 0 Å². The summed E-state index contributed by atoms with van der Waals surface area (Å²) in [6.07, 6.45) is 2.44. The average molecular weight is 220 g/mol. The molecule has 1 atom stereocenters. The molecule has 0 saturated carbocycles. The minimum Gasteiger partial charge on any atom is -0.314 e. The third-order valence-corrected chi connectivity index (χ3v) is 4.29. The van der Waals surface area contributed by atoms with Crippen LogP contribution in [0.4, 0.5) is 0 Å². The first kappa shape index (κ1) is 11.9. The molecule has 84 valence electrons. The van der Waals surface area contributed by atoms with Crippen molar-refractivity contribution in [2.75, 3.05) is 31.1 Å². The van der Waals surface area contributed by atoms with E-state index in [0.29, 0.717) is 12.6 Å². The van der Waals surface area contributed by atoms with Crippen LogP contribution in [0.1, 0.15) is 19.8 Å². The number of hydrogen-bond donors (Lipinski definition) is 2. The van der Waals surface area contributed by atoms with Crippen LogP contribution >= 0.6 is 0 Å². The van der Waals surface area contributed by atoms with Crippen LogP contribution in [0.3, 0.4) is 0 Å². The molecule has 1 heterocycles. The standard InChI is InChI=1S/C9H20N2O2S/c1-2-14(12,13)7-6-10-8-9-4-3-5-11-9/h9-11H,2-8H2,1H3. The molecule has 0 bridgehead atoms. The first-order chi connectivity index (χ1) is 6.64. The first-order valence-electron chi connectivity index (χ1n) is 5.28. The van der Waals surface area contributed by atoms with E-state index in [-0.39, 0.29) is 11.5 Å². The Balaban J connectivity index is 2.04. The smallest absolute Gasteiger partial charge is 0.151 e. The molecular weight excluding hydrogens is 200 g/mol. The van der Waals surface area contributed by atoms with Gasteiger partial charge in [-0.1, -0.05) is 6.92 Å². The molecule has 0 spiro atoms. The average Bonchev–Trinajstić information content (AvgIpc) is 2.65. The van der Waals surface area contributed by atoms with Gasteiger partial charge in [0.1, 0.15) is 0 Å². The molecule has 1 aliphatic heterocycles. The SMILES string of the molecule is CCS(=O)(=O)CCNCC1CCCN1. The molecule has 4 nitrogen and oxygen atoms in total. The molecule has 0 amide bonds. The van der Waals surface area contributed by atoms with Crippen molar-refractivity contribution in [2.24, 2.45) is 0 Å². The van der Waals surface area contributed by atoms with Gasteiger partial charge in [0.05, 0.1) is 5.75 Å². The third kappa shape index (κ3) is 4.39. The zero-order valence-electron chi connectivity index (χ0n) is 8.75. The van der Waals surface area contributed by atoms with E-state index in [1.54, 1.807) is 6.92 Å². The zero-order valence-corrected chi connectivity index (χ0v) is 9.57. The van der Waals surface area contributed by atoms with Gasteiger partial charge < -0.3 is 10.6 Å². The second kappa shape index (κ2) is 5.68. The summed E-state index contributed by atoms with van der Waals surface area (Å²) >= 11 is 0. The Morgan fingerprint density at radius 2 is 2.29 bits per heavy atom. The van der Waals surface area contributed by atoms with E-state index in [0.717, 1.165) is 13.1 Å². The summed E-state index contributed by atoms with van der Waals surface area (Å²) in [5.41, 5.74) is 0. The molecule has 0 aromatic heterocycles. The second-order valence-electron chi connectivity index (χ2n) is 3.73. The van der Waals surface area contributed by atoms with Crippen LogP contribution in [0.15, 0.2) is 0 Å². The Morgan fingerprint density at radius 1 is 1.50 bits per heavy atom. The van der Waals surface area contributed by atoms with E-state index in [1.165, 1.54) is 12.8 Å². The maximum Gasteiger partial charge on any atom is 0.151 e. The summed E-state index contributed by atoms with van der Waals surface area (Å²) in [4.78, 5) is 0. The normalized spacial score (nSPS) is 22.8. The molecule has 2 N–H and O–H groups in total. The molecule has 1 unspecified atom stereocenters. The molecule has 1 saturated heterocycles. The lowest BCUT2D eigenvalue weighted by molar-refractivity contribution is 0.542. The van der Waals surface area contributed by atoms with E-state index in [9.17, 15) is 8.42 Å². The van der Waals surface area contributed by atoms with E-state index >= 15 is 0 Å². The second-order valence-corrected chi connectivity index (χ2v) is 6.21. The number of nitrogens with one attached hydrogen (secondary N) is 2. The lowest BCUT2D eigenvalue weighted by Crippen LogP contribution is -2.36. The van der Waals surface area contributed by atoms with E-state index < -0.39 is 9.84 Å². The first-order valence-corrected chi connectivity index (χ1v) is 7.10. The molecule has 14 heavy (non-hydrogen) atoms. The molecule has 5 heteroatoms. The topological polar surface area (TPSA) is 58.2 Å². The van der Waals surface area contributed by atoms with E-state index in [4.69, 9.17) is 0 Å². The maximum atomic E-state index is 11.1. The van der Waals surface area contributed by atoms with Crippen molar-refractivity contribution in [1.29, 1.82) is 0 Å². The molecule has 0 aromatic rings. The van der Waals surface area contributed by atoms with Gasteiger partial charge in [-0.2, -0.15) is 0 Å². The monoisotopic (exact) mass is 220 g/mol. The van der Waals surface area contributed by atoms with Crippen molar-refractivity contribution in [3.63, 3.8) is 0 Å². The van der Waals surface area contributed by atoms with Crippen molar-refractivity contribution in [1.82, 2.24) is 10.6 Å². The molecule has 1 rings (SSSR count). The molecule has 0 radical (unpaired) electrons. The predicted molar refractivity (Wildman–Crippen MR) is 58.2 cm³/mol. The minimum atomic E-state index is -2.80. The van der Waals surface area contributed by atoms with Crippen LogP contribution < -0.4 is 10.6 Å². The molecular formula is C9H20N2O2S. The fourth-order valence-electron chi connectivity index (χ4n) is 1.58. The summed E-state index contributed by atoms with van der Waals surface area (Å²) < 4.78 is 22.3. The molecule has 1 aliphatic rings. The number of hydrogen-bond acceptors (Lipinski definition) is 4. The van der Waals surface area contributed by atoms with Gasteiger partial charge in [-0.15, -0.1) is 0 Å². The fourth-order valence-corrected chi connectivity index (χ4v) is 2.32. The van der Waals surface area contributed by atoms with Crippen LogP contribution in [0.5, 0.6) is 0 Å². The highest BCUT2D eigenvalue weighted by Crippen LogP contribution is 2.02. The number of sulfone groups is 1. The fraction of sp³-hybridized carbons (Fsp3) is 1.00. The van der Waals surface area contributed by atoms with Crippen molar-refractivity contribution in [2.45, 2.75) is 25.8 Å². The van der Waals surface area contributed by atoms with Gasteiger partial charge in [-0.25, -0.2) is 8.42 Å². The maximum absolute atomic E-state index is 11.1.